The van der Waals surface area contributed by atoms with E-state index in [0.717, 1.165) is 37.9 Å². The van der Waals surface area contributed by atoms with Crippen LogP contribution in [0.15, 0.2) is 22.7 Å². The smallest absolute Gasteiger partial charge is 0.270 e. The maximum Gasteiger partial charge on any atom is 0.270 e. The summed E-state index contributed by atoms with van der Waals surface area (Å²) in [5.41, 5.74) is 0.887. The molecule has 0 aromatic heterocycles. The van der Waals surface area contributed by atoms with Gasteiger partial charge in [-0.1, -0.05) is 0 Å². The number of anilines is 1. The maximum absolute atomic E-state index is 12.3. The number of benzene rings is 1. The first-order valence-electron chi connectivity index (χ1n) is 7.07. The molecule has 21 heavy (non-hydrogen) atoms. The minimum absolute atomic E-state index is 0.0452. The molecular weight excluding hydrogens is 338 g/mol. The summed E-state index contributed by atoms with van der Waals surface area (Å²) in [4.78, 5) is 24.7. The van der Waals surface area contributed by atoms with E-state index < -0.39 is 4.92 Å². The third-order valence-electron chi connectivity index (χ3n) is 3.93. The lowest BCUT2D eigenvalue weighted by Crippen LogP contribution is -2.44. The van der Waals surface area contributed by atoms with Crippen molar-refractivity contribution >= 4 is 33.2 Å². The fraction of sp³-hybridized carbons (Fsp3) is 0.500. The Morgan fingerprint density at radius 1 is 1.38 bits per heavy atom. The van der Waals surface area contributed by atoms with Crippen LogP contribution in [-0.2, 0) is 4.79 Å². The average Bonchev–Trinajstić information content (AvgIpc) is 3.12. The molecule has 2 aliphatic rings. The monoisotopic (exact) mass is 353 g/mol. The topological polar surface area (TPSA) is 75.5 Å². The molecule has 0 bridgehead atoms. The van der Waals surface area contributed by atoms with Crippen LogP contribution in [0.4, 0.5) is 11.4 Å². The number of nitrogens with one attached hydrogen (secondary N) is 1. The van der Waals surface area contributed by atoms with Gasteiger partial charge in [0.2, 0.25) is 5.91 Å². The Morgan fingerprint density at radius 2 is 2.14 bits per heavy atom. The van der Waals surface area contributed by atoms with Crippen molar-refractivity contribution in [2.45, 2.75) is 37.8 Å². The van der Waals surface area contributed by atoms with Crippen molar-refractivity contribution < 1.29 is 9.72 Å². The Morgan fingerprint density at radius 3 is 2.76 bits per heavy atom. The molecule has 6 nitrogen and oxygen atoms in total. The summed E-state index contributed by atoms with van der Waals surface area (Å²) in [7, 11) is 0. The highest BCUT2D eigenvalue weighted by Gasteiger charge is 2.35. The summed E-state index contributed by atoms with van der Waals surface area (Å²) in [6, 6.07) is 4.85. The van der Waals surface area contributed by atoms with Crippen LogP contribution in [-0.4, -0.2) is 29.5 Å². The van der Waals surface area contributed by atoms with E-state index in [9.17, 15) is 14.9 Å². The van der Waals surface area contributed by atoms with Crippen molar-refractivity contribution in [2.24, 2.45) is 0 Å². The van der Waals surface area contributed by atoms with Gasteiger partial charge in [-0.05, 0) is 47.7 Å². The van der Waals surface area contributed by atoms with Gasteiger partial charge in [-0.3, -0.25) is 14.9 Å². The number of nitro groups is 1. The fourth-order valence-corrected chi connectivity index (χ4v) is 3.29. The number of amides is 1. The van der Waals surface area contributed by atoms with Crippen LogP contribution in [0.5, 0.6) is 0 Å². The minimum atomic E-state index is -0.421. The lowest BCUT2D eigenvalue weighted by molar-refractivity contribution is -0.384. The molecule has 112 valence electrons. The number of rotatable bonds is 4. The summed E-state index contributed by atoms with van der Waals surface area (Å²) in [6.07, 6.45) is 3.91. The molecule has 1 saturated carbocycles. The van der Waals surface area contributed by atoms with Gasteiger partial charge in [0.05, 0.1) is 10.6 Å². The second-order valence-electron chi connectivity index (χ2n) is 5.53. The first kappa shape index (κ1) is 14.3. The summed E-state index contributed by atoms with van der Waals surface area (Å²) in [5, 5.41) is 13.8. The summed E-state index contributed by atoms with van der Waals surface area (Å²) in [5.74, 6) is 0.0697. The second-order valence-corrected chi connectivity index (χ2v) is 6.38. The van der Waals surface area contributed by atoms with Crippen LogP contribution in [0, 0.1) is 10.1 Å². The fourth-order valence-electron chi connectivity index (χ4n) is 2.69. The molecule has 1 aliphatic heterocycles. The lowest BCUT2D eigenvalue weighted by Gasteiger charge is -2.26. The van der Waals surface area contributed by atoms with E-state index in [2.05, 4.69) is 21.2 Å². The van der Waals surface area contributed by atoms with Gasteiger partial charge in [0, 0.05) is 29.2 Å². The highest BCUT2D eigenvalue weighted by Crippen LogP contribution is 2.35. The maximum atomic E-state index is 12.3. The molecule has 0 unspecified atom stereocenters. The first-order valence-corrected chi connectivity index (χ1v) is 7.86. The van der Waals surface area contributed by atoms with Crippen LogP contribution in [0.1, 0.15) is 25.7 Å². The zero-order valence-electron chi connectivity index (χ0n) is 11.4. The number of carbonyl (C=O) groups excluding carboxylic acids is 1. The minimum Gasteiger partial charge on any atom is -0.359 e. The quantitative estimate of drug-likeness (QED) is 0.666. The molecule has 7 heteroatoms. The molecule has 1 aromatic carbocycles. The molecule has 1 amide bonds. The zero-order valence-corrected chi connectivity index (χ0v) is 13.0. The van der Waals surface area contributed by atoms with Crippen molar-refractivity contribution in [3.63, 3.8) is 0 Å². The number of carbonyl (C=O) groups is 1. The van der Waals surface area contributed by atoms with Gasteiger partial charge >= 0.3 is 0 Å². The van der Waals surface area contributed by atoms with Crippen molar-refractivity contribution in [2.75, 3.05) is 11.4 Å². The molecule has 0 radical (unpaired) electrons. The Kier molecular flexibility index (Phi) is 3.84. The predicted octanol–water partition coefficient (Wildman–Crippen LogP) is 2.60. The van der Waals surface area contributed by atoms with E-state index >= 15 is 0 Å². The summed E-state index contributed by atoms with van der Waals surface area (Å²) in [6.45, 7) is 0.791. The van der Waals surface area contributed by atoms with E-state index in [4.69, 9.17) is 0 Å². The summed E-state index contributed by atoms with van der Waals surface area (Å²) < 4.78 is 0.655. The number of halogens is 1. The zero-order chi connectivity index (χ0) is 15.0. The van der Waals surface area contributed by atoms with Gasteiger partial charge in [0.15, 0.2) is 0 Å². The van der Waals surface area contributed by atoms with E-state index in [-0.39, 0.29) is 17.6 Å². The SMILES string of the molecule is O=C(NC1CC1)[C@@H]1CCCN1c1ccc([N+](=O)[O-])cc1Br. The van der Waals surface area contributed by atoms with Crippen LogP contribution < -0.4 is 10.2 Å². The average molecular weight is 354 g/mol. The standard InChI is InChI=1S/C14H16BrN3O3/c15-11-8-10(18(20)21)5-6-12(11)17-7-1-2-13(17)14(19)16-9-3-4-9/h5-6,8-9,13H,1-4,7H2,(H,16,19)/t13-/m0/s1. The normalized spacial score (nSPS) is 21.4. The molecule has 1 N–H and O–H groups in total. The van der Waals surface area contributed by atoms with Crippen molar-refractivity contribution in [1.82, 2.24) is 5.32 Å². The number of nitrogens with zero attached hydrogens (tertiary/aromatic N) is 2. The molecule has 1 saturated heterocycles. The number of nitro benzene ring substituents is 1. The van der Waals surface area contributed by atoms with Gasteiger partial charge in [0.25, 0.3) is 5.69 Å². The molecule has 3 rings (SSSR count). The number of hydrogen-bond donors (Lipinski definition) is 1. The molecule has 1 aromatic rings. The van der Waals surface area contributed by atoms with Crippen molar-refractivity contribution in [3.05, 3.63) is 32.8 Å². The van der Waals surface area contributed by atoms with Crippen molar-refractivity contribution in [3.8, 4) is 0 Å². The van der Waals surface area contributed by atoms with Gasteiger partial charge < -0.3 is 10.2 Å². The van der Waals surface area contributed by atoms with Gasteiger partial charge in [-0.15, -0.1) is 0 Å². The van der Waals surface area contributed by atoms with Crippen LogP contribution in [0.2, 0.25) is 0 Å². The number of non-ortho nitro benzene ring substituents is 1. The van der Waals surface area contributed by atoms with Gasteiger partial charge in [-0.2, -0.15) is 0 Å². The third kappa shape index (κ3) is 3.02. The van der Waals surface area contributed by atoms with Crippen LogP contribution in [0.25, 0.3) is 0 Å². The summed E-state index contributed by atoms with van der Waals surface area (Å²) >= 11 is 3.39. The molecular formula is C14H16BrN3O3. The largest absolute Gasteiger partial charge is 0.359 e. The van der Waals surface area contributed by atoms with E-state index in [1.165, 1.54) is 12.1 Å². The Labute approximate surface area is 130 Å². The van der Waals surface area contributed by atoms with Gasteiger partial charge in [-0.25, -0.2) is 0 Å². The van der Waals surface area contributed by atoms with Crippen LogP contribution in [0.3, 0.4) is 0 Å². The Bertz CT molecular complexity index is 589. The van der Waals surface area contributed by atoms with Crippen LogP contribution >= 0.6 is 15.9 Å². The highest BCUT2D eigenvalue weighted by atomic mass is 79.9. The molecule has 1 atom stereocenters. The predicted molar refractivity (Wildman–Crippen MR) is 82.3 cm³/mol. The molecule has 0 spiro atoms. The highest BCUT2D eigenvalue weighted by molar-refractivity contribution is 9.10. The van der Waals surface area contributed by atoms with Crippen molar-refractivity contribution in [1.29, 1.82) is 0 Å². The molecule has 2 fully saturated rings. The van der Waals surface area contributed by atoms with E-state index in [1.54, 1.807) is 6.07 Å². The Hall–Kier alpha value is -1.63. The first-order chi connectivity index (χ1) is 10.1. The second kappa shape index (κ2) is 5.63. The Balaban J connectivity index is 1.80. The molecule has 1 aliphatic carbocycles. The lowest BCUT2D eigenvalue weighted by atomic mass is 10.2. The van der Waals surface area contributed by atoms with E-state index in [1.807, 2.05) is 4.90 Å². The molecule has 1 heterocycles. The number of hydrogen-bond acceptors (Lipinski definition) is 4. The van der Waals surface area contributed by atoms with Gasteiger partial charge in [0.1, 0.15) is 6.04 Å². The third-order valence-corrected chi connectivity index (χ3v) is 4.57. The van der Waals surface area contributed by atoms with E-state index in [0.29, 0.717) is 10.5 Å².